The molecule has 4 atom stereocenters. The Bertz CT molecular complexity index is 649. The summed E-state index contributed by atoms with van der Waals surface area (Å²) in [5.41, 5.74) is 15.9. The highest BCUT2D eigenvalue weighted by Crippen LogP contribution is 2.07. The summed E-state index contributed by atoms with van der Waals surface area (Å²) in [7, 11) is 0. The number of aliphatic hydroxyl groups is 1. The number of carbonyl (C=O) groups excluding carboxylic acids is 3. The summed E-state index contributed by atoms with van der Waals surface area (Å²) in [4.78, 5) is 51.7. The van der Waals surface area contributed by atoms with Crippen molar-refractivity contribution >= 4 is 29.7 Å². The number of amides is 3. The molecule has 13 nitrogen and oxygen atoms in total. The number of rotatable bonds is 14. The molecule has 0 heterocycles. The van der Waals surface area contributed by atoms with Gasteiger partial charge < -0.3 is 43.4 Å². The van der Waals surface area contributed by atoms with Crippen molar-refractivity contribution in [3.05, 3.63) is 0 Å². The Morgan fingerprint density at radius 1 is 1.00 bits per heavy atom. The van der Waals surface area contributed by atoms with Crippen LogP contribution in [-0.4, -0.2) is 77.2 Å². The predicted octanol–water partition coefficient (Wildman–Crippen LogP) is -3.04. The number of carbonyl (C=O) groups is 4. The standard InChI is InChI=1S/C18H35N7O6/c1-9(2)7-12(24-13(27)8-23-16(29)14(19)10(3)26)15(28)25-11(17(30)31)5-4-6-22-18(20)21/h9-12,14,26H,4-8,19H2,1-3H3,(H,23,29)(H,24,27)(H,25,28)(H,30,31)(H4,20,21,22). The fourth-order valence-electron chi connectivity index (χ4n) is 2.49. The van der Waals surface area contributed by atoms with Crippen LogP contribution in [0.1, 0.15) is 40.0 Å². The molecule has 0 aromatic carbocycles. The quantitative estimate of drug-likeness (QED) is 0.0769. The lowest BCUT2D eigenvalue weighted by atomic mass is 10.0. The molecule has 0 saturated heterocycles. The van der Waals surface area contributed by atoms with Crippen LogP contribution in [0.5, 0.6) is 0 Å². The Morgan fingerprint density at radius 3 is 2.10 bits per heavy atom. The maximum absolute atomic E-state index is 12.6. The van der Waals surface area contributed by atoms with Crippen LogP contribution in [-0.2, 0) is 19.2 Å². The largest absolute Gasteiger partial charge is 0.480 e. The molecule has 11 N–H and O–H groups in total. The van der Waals surface area contributed by atoms with Crippen LogP contribution < -0.4 is 33.2 Å². The first-order valence-electron chi connectivity index (χ1n) is 9.94. The average Bonchev–Trinajstić information content (AvgIpc) is 2.66. The predicted molar refractivity (Wildman–Crippen MR) is 114 cm³/mol. The molecule has 0 aromatic rings. The summed E-state index contributed by atoms with van der Waals surface area (Å²) >= 11 is 0. The second kappa shape index (κ2) is 14.1. The number of nitrogens with zero attached hydrogens (tertiary/aromatic N) is 1. The molecular formula is C18H35N7O6. The molecule has 0 aliphatic rings. The third kappa shape index (κ3) is 12.4. The fourth-order valence-corrected chi connectivity index (χ4v) is 2.49. The number of hydrogen-bond acceptors (Lipinski definition) is 7. The maximum atomic E-state index is 12.6. The summed E-state index contributed by atoms with van der Waals surface area (Å²) in [6.07, 6.45) is -0.430. The van der Waals surface area contributed by atoms with Crippen molar-refractivity contribution in [2.45, 2.75) is 64.3 Å². The van der Waals surface area contributed by atoms with Crippen LogP contribution >= 0.6 is 0 Å². The van der Waals surface area contributed by atoms with E-state index in [4.69, 9.17) is 17.2 Å². The van der Waals surface area contributed by atoms with Crippen molar-refractivity contribution in [2.75, 3.05) is 13.1 Å². The third-order valence-electron chi connectivity index (χ3n) is 4.16. The highest BCUT2D eigenvalue weighted by molar-refractivity contribution is 5.92. The summed E-state index contributed by atoms with van der Waals surface area (Å²) in [6, 6.07) is -3.38. The zero-order valence-electron chi connectivity index (χ0n) is 18.1. The summed E-state index contributed by atoms with van der Waals surface area (Å²) in [5, 5.41) is 25.8. The average molecular weight is 446 g/mol. The van der Waals surface area contributed by atoms with Gasteiger partial charge in [0.05, 0.1) is 12.6 Å². The van der Waals surface area contributed by atoms with Gasteiger partial charge in [-0.1, -0.05) is 13.8 Å². The van der Waals surface area contributed by atoms with E-state index in [1.807, 2.05) is 13.8 Å². The molecule has 3 amide bonds. The molecule has 13 heteroatoms. The summed E-state index contributed by atoms with van der Waals surface area (Å²) in [5.74, 6) is -3.37. The van der Waals surface area contributed by atoms with E-state index in [9.17, 15) is 29.4 Å². The number of nitrogens with two attached hydrogens (primary N) is 3. The number of hydrogen-bond donors (Lipinski definition) is 8. The lowest BCUT2D eigenvalue weighted by Gasteiger charge is -2.23. The first kappa shape index (κ1) is 28.1. The Balaban J connectivity index is 4.93. The molecule has 0 aliphatic carbocycles. The van der Waals surface area contributed by atoms with Crippen molar-refractivity contribution in [1.29, 1.82) is 0 Å². The van der Waals surface area contributed by atoms with Crippen molar-refractivity contribution < 1.29 is 29.4 Å². The zero-order valence-corrected chi connectivity index (χ0v) is 18.1. The summed E-state index contributed by atoms with van der Waals surface area (Å²) in [6.45, 7) is 4.76. The normalized spacial score (nSPS) is 14.6. The number of carboxylic acid groups (broad SMARTS) is 1. The fraction of sp³-hybridized carbons (Fsp3) is 0.722. The lowest BCUT2D eigenvalue weighted by molar-refractivity contribution is -0.142. The zero-order chi connectivity index (χ0) is 24.1. The smallest absolute Gasteiger partial charge is 0.326 e. The van der Waals surface area contributed by atoms with E-state index >= 15 is 0 Å². The van der Waals surface area contributed by atoms with Gasteiger partial charge in [0.1, 0.15) is 18.1 Å². The van der Waals surface area contributed by atoms with Gasteiger partial charge in [-0.15, -0.1) is 0 Å². The van der Waals surface area contributed by atoms with Crippen molar-refractivity contribution in [1.82, 2.24) is 16.0 Å². The van der Waals surface area contributed by atoms with Crippen molar-refractivity contribution in [2.24, 2.45) is 28.1 Å². The van der Waals surface area contributed by atoms with E-state index in [-0.39, 0.29) is 31.3 Å². The van der Waals surface area contributed by atoms with E-state index in [0.717, 1.165) is 0 Å². The van der Waals surface area contributed by atoms with E-state index in [1.54, 1.807) is 0 Å². The minimum atomic E-state index is -1.23. The molecule has 0 bridgehead atoms. The van der Waals surface area contributed by atoms with Gasteiger partial charge in [-0.3, -0.25) is 19.4 Å². The lowest BCUT2D eigenvalue weighted by Crippen LogP contribution is -2.54. The molecule has 31 heavy (non-hydrogen) atoms. The van der Waals surface area contributed by atoms with Crippen LogP contribution in [0.4, 0.5) is 0 Å². The third-order valence-corrected chi connectivity index (χ3v) is 4.16. The summed E-state index contributed by atoms with van der Waals surface area (Å²) < 4.78 is 0. The highest BCUT2D eigenvalue weighted by atomic mass is 16.4. The van der Waals surface area contributed by atoms with Crippen molar-refractivity contribution in [3.8, 4) is 0 Å². The molecule has 0 fully saturated rings. The monoisotopic (exact) mass is 445 g/mol. The second-order valence-electron chi connectivity index (χ2n) is 7.58. The van der Waals surface area contributed by atoms with Crippen LogP contribution in [0.15, 0.2) is 4.99 Å². The molecule has 0 aliphatic heterocycles. The van der Waals surface area contributed by atoms with Gasteiger partial charge >= 0.3 is 5.97 Å². The molecule has 0 radical (unpaired) electrons. The Morgan fingerprint density at radius 2 is 1.61 bits per heavy atom. The van der Waals surface area contributed by atoms with Crippen LogP contribution in [0, 0.1) is 5.92 Å². The van der Waals surface area contributed by atoms with E-state index in [0.29, 0.717) is 6.42 Å². The first-order valence-corrected chi connectivity index (χ1v) is 9.94. The van der Waals surface area contributed by atoms with Gasteiger partial charge in [-0.2, -0.15) is 0 Å². The Kier molecular flexibility index (Phi) is 12.8. The molecule has 0 rings (SSSR count). The van der Waals surface area contributed by atoms with E-state index < -0.39 is 54.5 Å². The van der Waals surface area contributed by atoms with Gasteiger partial charge in [0, 0.05) is 6.54 Å². The van der Waals surface area contributed by atoms with Gasteiger partial charge in [-0.25, -0.2) is 4.79 Å². The second-order valence-corrected chi connectivity index (χ2v) is 7.58. The SMILES string of the molecule is CC(C)CC(NC(=O)CNC(=O)C(N)C(C)O)C(=O)NC(CCCN=C(N)N)C(=O)O. The topological polar surface area (TPSA) is 235 Å². The van der Waals surface area contributed by atoms with Gasteiger partial charge in [-0.05, 0) is 32.1 Å². The minimum absolute atomic E-state index is 0.0134. The Labute approximate surface area is 181 Å². The number of guanidine groups is 1. The van der Waals surface area contributed by atoms with Gasteiger partial charge in [0.2, 0.25) is 17.7 Å². The molecule has 178 valence electrons. The van der Waals surface area contributed by atoms with Crippen LogP contribution in [0.3, 0.4) is 0 Å². The molecule has 0 aromatic heterocycles. The van der Waals surface area contributed by atoms with E-state index in [2.05, 4.69) is 20.9 Å². The Hall–Kier alpha value is -2.93. The highest BCUT2D eigenvalue weighted by Gasteiger charge is 2.27. The van der Waals surface area contributed by atoms with Crippen LogP contribution in [0.2, 0.25) is 0 Å². The molecule has 0 spiro atoms. The number of carboxylic acids is 1. The van der Waals surface area contributed by atoms with Crippen LogP contribution in [0.25, 0.3) is 0 Å². The molecular weight excluding hydrogens is 410 g/mol. The van der Waals surface area contributed by atoms with Crippen molar-refractivity contribution in [3.63, 3.8) is 0 Å². The minimum Gasteiger partial charge on any atom is -0.480 e. The number of aliphatic carboxylic acids is 1. The van der Waals surface area contributed by atoms with Gasteiger partial charge in [0.15, 0.2) is 5.96 Å². The first-order chi connectivity index (χ1) is 14.3. The number of nitrogens with one attached hydrogen (secondary N) is 3. The molecule has 0 saturated carbocycles. The van der Waals surface area contributed by atoms with Gasteiger partial charge in [0.25, 0.3) is 0 Å². The number of aliphatic hydroxyl groups excluding tert-OH is 1. The number of aliphatic imine (C=N–C) groups is 1. The molecule has 4 unspecified atom stereocenters. The van der Waals surface area contributed by atoms with E-state index in [1.165, 1.54) is 6.92 Å². The maximum Gasteiger partial charge on any atom is 0.326 e.